The topological polar surface area (TPSA) is 54.7 Å². The highest BCUT2D eigenvalue weighted by atomic mass is 16.5. The molecular weight excluding hydrogens is 316 g/mol. The van der Waals surface area contributed by atoms with Crippen LogP contribution in [0.4, 0.5) is 0 Å². The Labute approximate surface area is 147 Å². The summed E-state index contributed by atoms with van der Waals surface area (Å²) in [7, 11) is 3.44. The van der Waals surface area contributed by atoms with Crippen molar-refractivity contribution >= 4 is 16.8 Å². The quantitative estimate of drug-likeness (QED) is 0.750. The summed E-state index contributed by atoms with van der Waals surface area (Å²) in [5.74, 6) is 0.158. The molecule has 0 bridgehead atoms. The van der Waals surface area contributed by atoms with Crippen molar-refractivity contribution in [2.45, 2.75) is 13.1 Å². The fourth-order valence-corrected chi connectivity index (χ4v) is 3.00. The third-order valence-electron chi connectivity index (χ3n) is 4.23. The minimum atomic E-state index is -0.0456. The van der Waals surface area contributed by atoms with Gasteiger partial charge in [-0.15, -0.1) is 0 Å². The number of aromatic nitrogens is 1. The molecule has 0 aliphatic carbocycles. The van der Waals surface area contributed by atoms with E-state index in [1.807, 2.05) is 41.1 Å². The first-order valence-electron chi connectivity index (χ1n) is 8.20. The first-order chi connectivity index (χ1) is 12.1. The van der Waals surface area contributed by atoms with Gasteiger partial charge in [-0.2, -0.15) is 0 Å². The van der Waals surface area contributed by atoms with Crippen molar-refractivity contribution in [3.8, 4) is 5.75 Å². The van der Waals surface area contributed by atoms with Crippen molar-refractivity contribution in [1.29, 1.82) is 0 Å². The predicted octanol–water partition coefficient (Wildman–Crippen LogP) is 3.27. The van der Waals surface area contributed by atoms with E-state index in [1.165, 1.54) is 0 Å². The number of para-hydroxylation sites is 1. The van der Waals surface area contributed by atoms with E-state index >= 15 is 0 Å². The Kier molecular flexibility index (Phi) is 5.05. The summed E-state index contributed by atoms with van der Waals surface area (Å²) in [6.45, 7) is 1.72. The standard InChI is InChI=1S/C20H22N2O3/c1-21(13-15-6-5-7-16(23)12-15)20(24)18-14-22(10-11-25-2)19-9-4-3-8-17(18)19/h3-9,12,14,23H,10-11,13H2,1-2H3. The number of phenolic OH excluding ortho intramolecular Hbond substituents is 1. The van der Waals surface area contributed by atoms with Gasteiger partial charge >= 0.3 is 0 Å². The summed E-state index contributed by atoms with van der Waals surface area (Å²) >= 11 is 0. The molecule has 0 atom stereocenters. The smallest absolute Gasteiger partial charge is 0.256 e. The van der Waals surface area contributed by atoms with Gasteiger partial charge in [0.05, 0.1) is 12.2 Å². The number of aromatic hydroxyl groups is 1. The largest absolute Gasteiger partial charge is 0.508 e. The highest BCUT2D eigenvalue weighted by Crippen LogP contribution is 2.23. The van der Waals surface area contributed by atoms with E-state index in [9.17, 15) is 9.90 Å². The normalized spacial score (nSPS) is 11.0. The molecule has 1 N–H and O–H groups in total. The van der Waals surface area contributed by atoms with E-state index in [0.29, 0.717) is 25.3 Å². The van der Waals surface area contributed by atoms with Gasteiger partial charge in [0.2, 0.25) is 0 Å². The van der Waals surface area contributed by atoms with E-state index in [2.05, 4.69) is 0 Å². The number of carbonyl (C=O) groups is 1. The molecule has 0 saturated heterocycles. The Morgan fingerprint density at radius 2 is 2.00 bits per heavy atom. The van der Waals surface area contributed by atoms with Crippen molar-refractivity contribution in [2.24, 2.45) is 0 Å². The Balaban J connectivity index is 1.88. The van der Waals surface area contributed by atoms with Gasteiger partial charge in [0.15, 0.2) is 0 Å². The van der Waals surface area contributed by atoms with E-state index in [0.717, 1.165) is 16.5 Å². The summed E-state index contributed by atoms with van der Waals surface area (Å²) in [6.07, 6.45) is 1.89. The summed E-state index contributed by atoms with van der Waals surface area (Å²) < 4.78 is 7.21. The van der Waals surface area contributed by atoms with Crippen molar-refractivity contribution < 1.29 is 14.6 Å². The third-order valence-corrected chi connectivity index (χ3v) is 4.23. The Bertz CT molecular complexity index is 886. The second-order valence-corrected chi connectivity index (χ2v) is 6.08. The zero-order valence-corrected chi connectivity index (χ0v) is 14.5. The van der Waals surface area contributed by atoms with Crippen molar-refractivity contribution in [1.82, 2.24) is 9.47 Å². The number of amides is 1. The minimum absolute atomic E-state index is 0.0456. The van der Waals surface area contributed by atoms with Gasteiger partial charge in [-0.05, 0) is 23.8 Å². The van der Waals surface area contributed by atoms with Crippen LogP contribution in [0, 0.1) is 0 Å². The van der Waals surface area contributed by atoms with Crippen LogP contribution < -0.4 is 0 Å². The van der Waals surface area contributed by atoms with Gasteiger partial charge in [0, 0.05) is 44.3 Å². The highest BCUT2D eigenvalue weighted by molar-refractivity contribution is 6.06. The molecule has 0 aliphatic heterocycles. The Hall–Kier alpha value is -2.79. The monoisotopic (exact) mass is 338 g/mol. The predicted molar refractivity (Wildman–Crippen MR) is 97.7 cm³/mol. The molecule has 1 amide bonds. The first-order valence-corrected chi connectivity index (χ1v) is 8.20. The zero-order chi connectivity index (χ0) is 17.8. The van der Waals surface area contributed by atoms with Crippen LogP contribution in [0.2, 0.25) is 0 Å². The number of fused-ring (bicyclic) bond motifs is 1. The molecule has 3 rings (SSSR count). The van der Waals surface area contributed by atoms with Crippen LogP contribution in [0.25, 0.3) is 10.9 Å². The summed E-state index contributed by atoms with van der Waals surface area (Å²) in [5.41, 5.74) is 2.59. The molecule has 25 heavy (non-hydrogen) atoms. The zero-order valence-electron chi connectivity index (χ0n) is 14.5. The van der Waals surface area contributed by atoms with Crippen LogP contribution in [0.1, 0.15) is 15.9 Å². The molecule has 0 saturated carbocycles. The van der Waals surface area contributed by atoms with E-state index in [1.54, 1.807) is 37.3 Å². The number of rotatable bonds is 6. The highest BCUT2D eigenvalue weighted by Gasteiger charge is 2.18. The molecule has 1 heterocycles. The van der Waals surface area contributed by atoms with Gasteiger partial charge < -0.3 is 19.3 Å². The van der Waals surface area contributed by atoms with Crippen molar-refractivity contribution in [2.75, 3.05) is 20.8 Å². The molecule has 0 aliphatic rings. The fraction of sp³-hybridized carbons (Fsp3) is 0.250. The van der Waals surface area contributed by atoms with Crippen molar-refractivity contribution in [3.63, 3.8) is 0 Å². The number of hydrogen-bond acceptors (Lipinski definition) is 3. The van der Waals surface area contributed by atoms with Crippen molar-refractivity contribution in [3.05, 3.63) is 65.9 Å². The molecule has 130 valence electrons. The molecule has 2 aromatic carbocycles. The minimum Gasteiger partial charge on any atom is -0.508 e. The second-order valence-electron chi connectivity index (χ2n) is 6.08. The van der Waals surface area contributed by atoms with E-state index in [4.69, 9.17) is 4.74 Å². The molecule has 0 radical (unpaired) electrons. The number of hydrogen-bond donors (Lipinski definition) is 1. The van der Waals surface area contributed by atoms with Crippen LogP contribution in [0.5, 0.6) is 5.75 Å². The molecule has 1 aromatic heterocycles. The maximum absolute atomic E-state index is 13.0. The number of nitrogens with zero attached hydrogens (tertiary/aromatic N) is 2. The van der Waals surface area contributed by atoms with Crippen LogP contribution in [-0.2, 0) is 17.8 Å². The lowest BCUT2D eigenvalue weighted by Crippen LogP contribution is -2.26. The molecule has 0 fully saturated rings. The van der Waals surface area contributed by atoms with Gasteiger partial charge in [-0.1, -0.05) is 30.3 Å². The average molecular weight is 338 g/mol. The van der Waals surface area contributed by atoms with Gasteiger partial charge in [0.25, 0.3) is 5.91 Å². The molecule has 0 unspecified atom stereocenters. The SMILES string of the molecule is COCCn1cc(C(=O)N(C)Cc2cccc(O)c2)c2ccccc21. The average Bonchev–Trinajstić information content (AvgIpc) is 2.98. The third kappa shape index (κ3) is 3.67. The first kappa shape index (κ1) is 17.0. The summed E-state index contributed by atoms with van der Waals surface area (Å²) in [5, 5.41) is 10.5. The fourth-order valence-electron chi connectivity index (χ4n) is 3.00. The van der Waals surface area contributed by atoms with E-state index in [-0.39, 0.29) is 11.7 Å². The maximum Gasteiger partial charge on any atom is 0.256 e. The van der Waals surface area contributed by atoms with Gasteiger partial charge in [-0.25, -0.2) is 0 Å². The lowest BCUT2D eigenvalue weighted by atomic mass is 10.1. The number of carbonyl (C=O) groups excluding carboxylic acids is 1. The van der Waals surface area contributed by atoms with Crippen LogP contribution >= 0.6 is 0 Å². The van der Waals surface area contributed by atoms with E-state index < -0.39 is 0 Å². The Morgan fingerprint density at radius 1 is 1.20 bits per heavy atom. The summed E-state index contributed by atoms with van der Waals surface area (Å²) in [6, 6.07) is 14.8. The van der Waals surface area contributed by atoms with Crippen LogP contribution in [0.15, 0.2) is 54.7 Å². The van der Waals surface area contributed by atoms with Crippen LogP contribution in [-0.4, -0.2) is 41.2 Å². The number of methoxy groups -OCH3 is 1. The van der Waals surface area contributed by atoms with Gasteiger partial charge in [-0.3, -0.25) is 4.79 Å². The van der Waals surface area contributed by atoms with Crippen LogP contribution in [0.3, 0.4) is 0 Å². The molecule has 5 nitrogen and oxygen atoms in total. The maximum atomic E-state index is 13.0. The lowest BCUT2D eigenvalue weighted by molar-refractivity contribution is 0.0786. The lowest BCUT2D eigenvalue weighted by Gasteiger charge is -2.17. The molecular formula is C20H22N2O3. The molecule has 5 heteroatoms. The van der Waals surface area contributed by atoms with Gasteiger partial charge in [0.1, 0.15) is 5.75 Å². The number of ether oxygens (including phenoxy) is 1. The number of phenols is 1. The Morgan fingerprint density at radius 3 is 2.76 bits per heavy atom. The summed E-state index contributed by atoms with van der Waals surface area (Å²) in [4.78, 5) is 14.6. The molecule has 0 spiro atoms. The second kappa shape index (κ2) is 7.40. The number of benzene rings is 2. The molecule has 3 aromatic rings.